The number of halogens is 1. The van der Waals surface area contributed by atoms with Crippen LogP contribution >= 0.6 is 0 Å². The lowest BCUT2D eigenvalue weighted by atomic mass is 10.0. The monoisotopic (exact) mass is 322 g/mol. The molecule has 2 aliphatic rings. The first-order chi connectivity index (χ1) is 10.5. The van der Waals surface area contributed by atoms with Gasteiger partial charge in [-0.3, -0.25) is 0 Å². The first-order valence-electron chi connectivity index (χ1n) is 7.22. The first-order valence-corrected chi connectivity index (χ1v) is 8.71. The lowest BCUT2D eigenvalue weighted by Crippen LogP contribution is -2.27. The van der Waals surface area contributed by atoms with Crippen molar-refractivity contribution in [3.8, 4) is 0 Å². The van der Waals surface area contributed by atoms with Gasteiger partial charge in [-0.05, 0) is 18.4 Å². The van der Waals surface area contributed by atoms with Gasteiger partial charge in [-0.1, -0.05) is 30.3 Å². The maximum Gasteiger partial charge on any atom is 0.282 e. The molecule has 0 bridgehead atoms. The van der Waals surface area contributed by atoms with Crippen LogP contribution in [0.3, 0.4) is 0 Å². The average molecular weight is 322 g/mol. The van der Waals surface area contributed by atoms with Crippen LogP contribution in [0.5, 0.6) is 0 Å². The summed E-state index contributed by atoms with van der Waals surface area (Å²) in [7, 11) is -3.76. The Hall–Kier alpha value is -1.80. The van der Waals surface area contributed by atoms with E-state index in [0.29, 0.717) is 0 Å². The van der Waals surface area contributed by atoms with E-state index in [0.717, 1.165) is 18.4 Å². The summed E-state index contributed by atoms with van der Waals surface area (Å²) in [6, 6.07) is 9.02. The second-order valence-corrected chi connectivity index (χ2v) is 7.33. The van der Waals surface area contributed by atoms with Gasteiger partial charge >= 0.3 is 0 Å². The summed E-state index contributed by atoms with van der Waals surface area (Å²) in [5.74, 6) is 0.0880. The number of alkyl halides is 1. The Morgan fingerprint density at radius 2 is 1.95 bits per heavy atom. The molecule has 116 valence electrons. The zero-order valence-corrected chi connectivity index (χ0v) is 12.5. The predicted octanol–water partition coefficient (Wildman–Crippen LogP) is 1.72. The molecule has 4 rings (SSSR count). The average Bonchev–Trinajstić information content (AvgIpc) is 3.08. The summed E-state index contributed by atoms with van der Waals surface area (Å²) in [5, 5.41) is 3.73. The van der Waals surface area contributed by atoms with Crippen LogP contribution in [0, 0.1) is 0 Å². The summed E-state index contributed by atoms with van der Waals surface area (Å²) in [6.45, 7) is 0. The van der Waals surface area contributed by atoms with Crippen LogP contribution < -0.4 is 4.72 Å². The highest BCUT2D eigenvalue weighted by atomic mass is 32.2. The smallest absolute Gasteiger partial charge is 0.239 e. The fourth-order valence-corrected chi connectivity index (χ4v) is 3.89. The fourth-order valence-electron chi connectivity index (χ4n) is 2.70. The lowest BCUT2D eigenvalue weighted by Gasteiger charge is -2.11. The number of benzene rings is 1. The molecule has 1 aromatic carbocycles. The van der Waals surface area contributed by atoms with E-state index in [1.807, 2.05) is 30.3 Å². The normalized spacial score (nSPS) is 24.4. The molecule has 1 fully saturated rings. The van der Waals surface area contributed by atoms with E-state index in [2.05, 4.69) is 14.8 Å². The second kappa shape index (κ2) is 4.85. The van der Waals surface area contributed by atoms with Gasteiger partial charge in [0.2, 0.25) is 0 Å². The van der Waals surface area contributed by atoms with E-state index in [9.17, 15) is 12.8 Å². The Balaban J connectivity index is 1.71. The van der Waals surface area contributed by atoms with Crippen molar-refractivity contribution in [1.29, 1.82) is 0 Å². The van der Waals surface area contributed by atoms with Gasteiger partial charge in [-0.15, -0.1) is 5.10 Å². The molecule has 0 spiro atoms. The van der Waals surface area contributed by atoms with Gasteiger partial charge in [0.15, 0.2) is 12.0 Å². The standard InChI is InChI=1S/C14H15FN4O2S/c15-11-8-12(9-4-2-1-3-5-9)19-13(11)16-14(17-19)22(20,21)18-10-6-7-10/h1-5,10-12,18H,6-8H2/t11-,12-/m0/s1. The highest BCUT2D eigenvalue weighted by molar-refractivity contribution is 7.89. The fraction of sp³-hybridized carbons (Fsp3) is 0.429. The van der Waals surface area contributed by atoms with Crippen molar-refractivity contribution in [3.63, 3.8) is 0 Å². The largest absolute Gasteiger partial charge is 0.282 e. The molecule has 8 heteroatoms. The van der Waals surface area contributed by atoms with Gasteiger partial charge in [-0.2, -0.15) is 4.98 Å². The summed E-state index contributed by atoms with van der Waals surface area (Å²) >= 11 is 0. The third-order valence-electron chi connectivity index (χ3n) is 3.97. The van der Waals surface area contributed by atoms with Gasteiger partial charge in [0.25, 0.3) is 15.2 Å². The lowest BCUT2D eigenvalue weighted by molar-refractivity contribution is 0.326. The van der Waals surface area contributed by atoms with Crippen molar-refractivity contribution >= 4 is 10.0 Å². The van der Waals surface area contributed by atoms with E-state index >= 15 is 0 Å². The summed E-state index contributed by atoms with van der Waals surface area (Å²) < 4.78 is 42.4. The minimum absolute atomic E-state index is 0.0329. The van der Waals surface area contributed by atoms with Crippen LogP contribution in [0.4, 0.5) is 4.39 Å². The molecule has 1 aliphatic carbocycles. The Labute approximate surface area is 127 Å². The van der Waals surface area contributed by atoms with Crippen molar-refractivity contribution in [1.82, 2.24) is 19.5 Å². The van der Waals surface area contributed by atoms with Gasteiger partial charge < -0.3 is 0 Å². The number of sulfonamides is 1. The maximum atomic E-state index is 14.2. The van der Waals surface area contributed by atoms with E-state index in [1.165, 1.54) is 4.68 Å². The predicted molar refractivity (Wildman–Crippen MR) is 76.4 cm³/mol. The first kappa shape index (κ1) is 13.8. The van der Waals surface area contributed by atoms with E-state index in [1.54, 1.807) is 0 Å². The Morgan fingerprint density at radius 3 is 2.64 bits per heavy atom. The summed E-state index contributed by atoms with van der Waals surface area (Å²) in [4.78, 5) is 3.93. The zero-order valence-electron chi connectivity index (χ0n) is 11.7. The number of nitrogens with one attached hydrogen (secondary N) is 1. The van der Waals surface area contributed by atoms with Crippen LogP contribution in [0.2, 0.25) is 0 Å². The number of nitrogens with zero attached hydrogens (tertiary/aromatic N) is 3. The topological polar surface area (TPSA) is 76.9 Å². The third kappa shape index (κ3) is 2.32. The molecule has 1 N–H and O–H groups in total. The molecular weight excluding hydrogens is 307 g/mol. The van der Waals surface area contributed by atoms with E-state index in [-0.39, 0.29) is 29.5 Å². The Bertz CT molecular complexity index is 802. The molecule has 1 aromatic heterocycles. The molecule has 2 aromatic rings. The minimum Gasteiger partial charge on any atom is -0.239 e. The molecule has 2 heterocycles. The van der Waals surface area contributed by atoms with Gasteiger partial charge in [0, 0.05) is 12.5 Å². The van der Waals surface area contributed by atoms with Crippen LogP contribution in [0.15, 0.2) is 35.5 Å². The third-order valence-corrected chi connectivity index (χ3v) is 5.26. The van der Waals surface area contributed by atoms with Crippen LogP contribution in [-0.4, -0.2) is 29.2 Å². The number of aromatic nitrogens is 3. The highest BCUT2D eigenvalue weighted by Crippen LogP contribution is 2.39. The van der Waals surface area contributed by atoms with E-state index < -0.39 is 16.2 Å². The van der Waals surface area contributed by atoms with Crippen molar-refractivity contribution in [2.75, 3.05) is 0 Å². The van der Waals surface area contributed by atoms with Crippen LogP contribution in [0.1, 0.15) is 42.9 Å². The molecule has 2 atom stereocenters. The van der Waals surface area contributed by atoms with Gasteiger partial charge in [0.1, 0.15) is 0 Å². The van der Waals surface area contributed by atoms with Crippen molar-refractivity contribution < 1.29 is 12.8 Å². The SMILES string of the molecule is O=S(=O)(NC1CC1)c1nc2n(n1)[C@H](c1ccccc1)C[C@@H]2F. The molecule has 0 unspecified atom stereocenters. The van der Waals surface area contributed by atoms with Gasteiger partial charge in [0.05, 0.1) is 6.04 Å². The number of hydrogen-bond donors (Lipinski definition) is 1. The Kier molecular flexibility index (Phi) is 3.05. The van der Waals surface area contributed by atoms with Crippen LogP contribution in [0.25, 0.3) is 0 Å². The molecule has 1 aliphatic heterocycles. The highest BCUT2D eigenvalue weighted by Gasteiger charge is 2.38. The quantitative estimate of drug-likeness (QED) is 0.930. The zero-order chi connectivity index (χ0) is 15.3. The Morgan fingerprint density at radius 1 is 1.23 bits per heavy atom. The van der Waals surface area contributed by atoms with Gasteiger partial charge in [-0.25, -0.2) is 22.2 Å². The molecular formula is C14H15FN4O2S. The van der Waals surface area contributed by atoms with Crippen molar-refractivity contribution in [3.05, 3.63) is 41.7 Å². The van der Waals surface area contributed by atoms with E-state index in [4.69, 9.17) is 0 Å². The second-order valence-electron chi connectivity index (χ2n) is 5.72. The maximum absolute atomic E-state index is 14.2. The molecule has 22 heavy (non-hydrogen) atoms. The number of hydrogen-bond acceptors (Lipinski definition) is 4. The molecule has 0 saturated heterocycles. The number of rotatable bonds is 4. The summed E-state index contributed by atoms with van der Waals surface area (Å²) in [6.07, 6.45) is 0.578. The van der Waals surface area contributed by atoms with Crippen LogP contribution in [-0.2, 0) is 10.0 Å². The molecule has 1 saturated carbocycles. The number of fused-ring (bicyclic) bond motifs is 1. The molecule has 6 nitrogen and oxygen atoms in total. The molecule has 0 radical (unpaired) electrons. The minimum atomic E-state index is -3.76. The summed E-state index contributed by atoms with van der Waals surface area (Å²) in [5.41, 5.74) is 0.896. The van der Waals surface area contributed by atoms with Crippen molar-refractivity contribution in [2.24, 2.45) is 0 Å². The molecule has 0 amide bonds. The van der Waals surface area contributed by atoms with Crippen molar-refractivity contribution in [2.45, 2.75) is 42.7 Å².